The number of hydrogen-bond acceptors (Lipinski definition) is 3. The molecule has 0 saturated carbocycles. The third-order valence-electron chi connectivity index (χ3n) is 2.60. The van der Waals surface area contributed by atoms with Crippen LogP contribution in [0, 0.1) is 17.2 Å². The lowest BCUT2D eigenvalue weighted by molar-refractivity contribution is -0.118. The van der Waals surface area contributed by atoms with E-state index < -0.39 is 5.92 Å². The summed E-state index contributed by atoms with van der Waals surface area (Å²) in [6, 6.07) is 10.7. The van der Waals surface area contributed by atoms with E-state index in [1.807, 2.05) is 12.1 Å². The highest BCUT2D eigenvalue weighted by atomic mass is 16.2. The number of carbonyl (C=O) groups is 2. The zero-order chi connectivity index (χ0) is 11.5. The number of nitrogens with zero attached hydrogens (tertiary/aromatic N) is 2. The average Bonchev–Trinajstić information content (AvgIpc) is 2.71. The number of hydrogen-bond donors (Lipinski definition) is 0. The summed E-state index contributed by atoms with van der Waals surface area (Å²) in [5.74, 6) is -1.02. The van der Waals surface area contributed by atoms with Crippen LogP contribution in [-0.4, -0.2) is 29.7 Å². The Kier molecular flexibility index (Phi) is 2.69. The summed E-state index contributed by atoms with van der Waals surface area (Å²) < 4.78 is 0. The van der Waals surface area contributed by atoms with Crippen LogP contribution in [0.2, 0.25) is 0 Å². The van der Waals surface area contributed by atoms with E-state index in [0.717, 1.165) is 0 Å². The van der Waals surface area contributed by atoms with Gasteiger partial charge in [0, 0.05) is 12.1 Å². The molecule has 16 heavy (non-hydrogen) atoms. The van der Waals surface area contributed by atoms with E-state index in [1.54, 1.807) is 24.3 Å². The van der Waals surface area contributed by atoms with Gasteiger partial charge in [0.25, 0.3) is 5.91 Å². The van der Waals surface area contributed by atoms with Gasteiger partial charge >= 0.3 is 0 Å². The molecule has 1 saturated heterocycles. The fraction of sp³-hybridized carbons (Fsp3) is 0.250. The SMILES string of the molecule is N#CC1CN(C(=O)c2ccccc2)CC1=O. The zero-order valence-corrected chi connectivity index (χ0v) is 8.59. The lowest BCUT2D eigenvalue weighted by atomic mass is 10.1. The first-order valence-corrected chi connectivity index (χ1v) is 4.99. The molecule has 80 valence electrons. The van der Waals surface area contributed by atoms with Gasteiger partial charge in [-0.2, -0.15) is 5.26 Å². The van der Waals surface area contributed by atoms with Crippen molar-refractivity contribution in [1.29, 1.82) is 5.26 Å². The van der Waals surface area contributed by atoms with Crippen LogP contribution >= 0.6 is 0 Å². The molecule has 1 aliphatic heterocycles. The number of Topliss-reactive ketones (excluding diaryl/α,β-unsaturated/α-hetero) is 1. The van der Waals surface area contributed by atoms with E-state index in [4.69, 9.17) is 5.26 Å². The summed E-state index contributed by atoms with van der Waals surface area (Å²) >= 11 is 0. The van der Waals surface area contributed by atoms with Crippen molar-refractivity contribution in [2.24, 2.45) is 5.92 Å². The highest BCUT2D eigenvalue weighted by molar-refractivity contribution is 5.99. The van der Waals surface area contributed by atoms with E-state index in [-0.39, 0.29) is 24.8 Å². The second-order valence-corrected chi connectivity index (χ2v) is 3.70. The smallest absolute Gasteiger partial charge is 0.254 e. The molecule has 4 nitrogen and oxygen atoms in total. The van der Waals surface area contributed by atoms with Crippen LogP contribution < -0.4 is 0 Å². The summed E-state index contributed by atoms with van der Waals surface area (Å²) in [5, 5.41) is 8.70. The number of carbonyl (C=O) groups excluding carboxylic acids is 2. The number of nitriles is 1. The molecule has 1 aliphatic rings. The first-order chi connectivity index (χ1) is 7.72. The molecule has 1 atom stereocenters. The summed E-state index contributed by atoms with van der Waals surface area (Å²) in [6.07, 6.45) is 0. The van der Waals surface area contributed by atoms with Gasteiger partial charge in [0.05, 0.1) is 12.6 Å². The predicted octanol–water partition coefficient (Wildman–Crippen LogP) is 0.851. The number of rotatable bonds is 1. The Morgan fingerprint density at radius 3 is 2.62 bits per heavy atom. The predicted molar refractivity (Wildman–Crippen MR) is 56.5 cm³/mol. The molecular formula is C12H10N2O2. The first kappa shape index (κ1) is 10.4. The fourth-order valence-corrected chi connectivity index (χ4v) is 1.72. The normalized spacial score (nSPS) is 19.6. The van der Waals surface area contributed by atoms with Crippen molar-refractivity contribution in [3.8, 4) is 6.07 Å². The van der Waals surface area contributed by atoms with E-state index in [9.17, 15) is 9.59 Å². The van der Waals surface area contributed by atoms with Crippen LogP contribution in [0.1, 0.15) is 10.4 Å². The number of ketones is 1. The van der Waals surface area contributed by atoms with Crippen LogP contribution in [0.15, 0.2) is 30.3 Å². The molecule has 1 unspecified atom stereocenters. The van der Waals surface area contributed by atoms with Crippen molar-refractivity contribution in [2.75, 3.05) is 13.1 Å². The molecule has 0 aromatic heterocycles. The lowest BCUT2D eigenvalue weighted by Crippen LogP contribution is -2.28. The average molecular weight is 214 g/mol. The third-order valence-corrected chi connectivity index (χ3v) is 2.60. The molecule has 1 amide bonds. The molecule has 0 radical (unpaired) electrons. The highest BCUT2D eigenvalue weighted by Gasteiger charge is 2.33. The van der Waals surface area contributed by atoms with Gasteiger partial charge in [-0.3, -0.25) is 9.59 Å². The highest BCUT2D eigenvalue weighted by Crippen LogP contribution is 2.15. The molecule has 1 aromatic carbocycles. The first-order valence-electron chi connectivity index (χ1n) is 4.99. The minimum Gasteiger partial charge on any atom is -0.329 e. The van der Waals surface area contributed by atoms with Gasteiger partial charge in [0.1, 0.15) is 5.92 Å². The molecule has 4 heteroatoms. The molecule has 0 N–H and O–H groups in total. The van der Waals surface area contributed by atoms with E-state index in [1.165, 1.54) is 4.90 Å². The summed E-state index contributed by atoms with van der Waals surface area (Å²) in [6.45, 7) is 0.259. The Hall–Kier alpha value is -2.15. The summed E-state index contributed by atoms with van der Waals surface area (Å²) in [5.41, 5.74) is 0.550. The molecule has 1 fully saturated rings. The van der Waals surface area contributed by atoms with Gasteiger partial charge in [-0.1, -0.05) is 18.2 Å². The Bertz CT molecular complexity index is 462. The molecule has 1 aromatic rings. The van der Waals surface area contributed by atoms with Gasteiger partial charge in [-0.05, 0) is 12.1 Å². The van der Waals surface area contributed by atoms with E-state index in [0.29, 0.717) is 5.56 Å². The van der Waals surface area contributed by atoms with Crippen LogP contribution in [0.3, 0.4) is 0 Å². The second kappa shape index (κ2) is 4.15. The largest absolute Gasteiger partial charge is 0.329 e. The van der Waals surface area contributed by atoms with Crippen LogP contribution in [0.25, 0.3) is 0 Å². The van der Waals surface area contributed by atoms with Crippen molar-refractivity contribution in [3.63, 3.8) is 0 Å². The van der Waals surface area contributed by atoms with E-state index in [2.05, 4.69) is 0 Å². The second-order valence-electron chi connectivity index (χ2n) is 3.70. The molecule has 0 aliphatic carbocycles. The molecule has 1 heterocycles. The maximum atomic E-state index is 11.9. The van der Waals surface area contributed by atoms with Gasteiger partial charge in [-0.15, -0.1) is 0 Å². The van der Waals surface area contributed by atoms with Gasteiger partial charge in [0.2, 0.25) is 0 Å². The Labute approximate surface area is 93.1 Å². The van der Waals surface area contributed by atoms with Gasteiger partial charge in [-0.25, -0.2) is 0 Å². The van der Waals surface area contributed by atoms with Crippen molar-refractivity contribution in [1.82, 2.24) is 4.90 Å². The Morgan fingerprint density at radius 2 is 2.06 bits per heavy atom. The standard InChI is InChI=1S/C12H10N2O2/c13-6-10-7-14(8-11(10)15)12(16)9-4-2-1-3-5-9/h1-5,10H,7-8H2. The molecule has 2 rings (SSSR count). The summed E-state index contributed by atoms with van der Waals surface area (Å²) in [4.78, 5) is 24.7. The topological polar surface area (TPSA) is 61.2 Å². The minimum atomic E-state index is -0.660. The van der Waals surface area contributed by atoms with Crippen LogP contribution in [-0.2, 0) is 4.79 Å². The van der Waals surface area contributed by atoms with Crippen molar-refractivity contribution < 1.29 is 9.59 Å². The maximum absolute atomic E-state index is 11.9. The Balaban J connectivity index is 2.14. The molecular weight excluding hydrogens is 204 g/mol. The lowest BCUT2D eigenvalue weighted by Gasteiger charge is -2.13. The Morgan fingerprint density at radius 1 is 1.38 bits per heavy atom. The molecule has 0 spiro atoms. The quantitative estimate of drug-likeness (QED) is 0.696. The number of likely N-dealkylation sites (tertiary alicyclic amines) is 1. The van der Waals surface area contributed by atoms with Crippen molar-refractivity contribution >= 4 is 11.7 Å². The van der Waals surface area contributed by atoms with Crippen LogP contribution in [0.5, 0.6) is 0 Å². The fourth-order valence-electron chi connectivity index (χ4n) is 1.72. The van der Waals surface area contributed by atoms with Crippen LogP contribution in [0.4, 0.5) is 0 Å². The number of amides is 1. The van der Waals surface area contributed by atoms with Crippen molar-refractivity contribution in [3.05, 3.63) is 35.9 Å². The van der Waals surface area contributed by atoms with Crippen molar-refractivity contribution in [2.45, 2.75) is 0 Å². The maximum Gasteiger partial charge on any atom is 0.254 e. The monoisotopic (exact) mass is 214 g/mol. The minimum absolute atomic E-state index is 0.0476. The third kappa shape index (κ3) is 1.80. The van der Waals surface area contributed by atoms with E-state index >= 15 is 0 Å². The van der Waals surface area contributed by atoms with Gasteiger partial charge in [0.15, 0.2) is 5.78 Å². The summed E-state index contributed by atoms with van der Waals surface area (Å²) in [7, 11) is 0. The zero-order valence-electron chi connectivity index (χ0n) is 8.59. The van der Waals surface area contributed by atoms with Gasteiger partial charge < -0.3 is 4.90 Å². The number of benzene rings is 1. The molecule has 0 bridgehead atoms.